The van der Waals surface area contributed by atoms with E-state index in [-0.39, 0.29) is 28.5 Å². The lowest BCUT2D eigenvalue weighted by Gasteiger charge is -2.38. The van der Waals surface area contributed by atoms with Crippen LogP contribution in [0.25, 0.3) is 0 Å². The van der Waals surface area contributed by atoms with Crippen molar-refractivity contribution in [1.29, 1.82) is 0 Å². The van der Waals surface area contributed by atoms with Gasteiger partial charge in [0.15, 0.2) is 12.1 Å². The quantitative estimate of drug-likeness (QED) is 0.707. The van der Waals surface area contributed by atoms with E-state index in [0.29, 0.717) is 11.3 Å². The van der Waals surface area contributed by atoms with Crippen molar-refractivity contribution in [3.05, 3.63) is 63.7 Å². The van der Waals surface area contributed by atoms with E-state index in [1.165, 1.54) is 18.2 Å². The van der Waals surface area contributed by atoms with Crippen molar-refractivity contribution in [2.75, 3.05) is 11.9 Å². The second kappa shape index (κ2) is 6.62. The van der Waals surface area contributed by atoms with Crippen LogP contribution in [0.2, 0.25) is 5.02 Å². The summed E-state index contributed by atoms with van der Waals surface area (Å²) in [5.41, 5.74) is 3.74. The number of anilines is 1. The summed E-state index contributed by atoms with van der Waals surface area (Å²) >= 11 is 5.77. The third kappa shape index (κ3) is 3.19. The number of hydrogen-bond donors (Lipinski definition) is 2. The van der Waals surface area contributed by atoms with Gasteiger partial charge in [-0.25, -0.2) is 13.8 Å². The molecule has 1 unspecified atom stereocenters. The number of nitrogens with two attached hydrogens (primary N) is 1. The molecular weight excluding hydrogens is 412 g/mol. The first-order valence-corrected chi connectivity index (χ1v) is 8.94. The van der Waals surface area contributed by atoms with Gasteiger partial charge in [0.2, 0.25) is 0 Å². The molecule has 0 radical (unpaired) electrons. The first-order chi connectivity index (χ1) is 13.6. The van der Waals surface area contributed by atoms with E-state index in [4.69, 9.17) is 17.3 Å². The highest BCUT2D eigenvalue weighted by atomic mass is 35.5. The molecule has 29 heavy (non-hydrogen) atoms. The Labute approximate surface area is 168 Å². The van der Waals surface area contributed by atoms with Crippen LogP contribution in [0.3, 0.4) is 0 Å². The maximum absolute atomic E-state index is 14.8. The summed E-state index contributed by atoms with van der Waals surface area (Å²) < 4.78 is 62.8. The fourth-order valence-corrected chi connectivity index (χ4v) is 3.46. The first kappa shape index (κ1) is 19.5. The van der Waals surface area contributed by atoms with Gasteiger partial charge in [-0.3, -0.25) is 4.99 Å². The van der Waals surface area contributed by atoms with Gasteiger partial charge in [0.25, 0.3) is 6.02 Å². The normalized spacial score (nSPS) is 22.7. The maximum Gasteiger partial charge on any atom is 0.310 e. The number of nitrogens with zero attached hydrogens (tertiary/aromatic N) is 2. The Kier molecular flexibility index (Phi) is 4.45. The Morgan fingerprint density at radius 3 is 2.66 bits per heavy atom. The van der Waals surface area contributed by atoms with Gasteiger partial charge in [0.05, 0.1) is 12.1 Å². The van der Waals surface area contributed by atoms with E-state index < -0.39 is 35.7 Å². The third-order valence-electron chi connectivity index (χ3n) is 5.01. The molecule has 0 aliphatic carbocycles. The summed E-state index contributed by atoms with van der Waals surface area (Å²) in [6, 6.07) is 5.96. The summed E-state index contributed by atoms with van der Waals surface area (Å²) in [4.78, 5) is 7.91. The summed E-state index contributed by atoms with van der Waals surface area (Å²) in [6.07, 6.45) is 0. The number of benzene rings is 2. The average molecular weight is 427 g/mol. The molecular formula is C19H15ClF4N4O. The summed E-state index contributed by atoms with van der Waals surface area (Å²) in [7, 11) is 0. The van der Waals surface area contributed by atoms with E-state index in [0.717, 1.165) is 19.1 Å². The molecule has 1 atom stereocenters. The number of amidine groups is 2. The zero-order valence-corrected chi connectivity index (χ0v) is 15.8. The smallest absolute Gasteiger partial charge is 0.310 e. The van der Waals surface area contributed by atoms with Crippen molar-refractivity contribution in [2.24, 2.45) is 15.7 Å². The zero-order chi connectivity index (χ0) is 21.0. The van der Waals surface area contributed by atoms with Crippen molar-refractivity contribution >= 4 is 29.1 Å². The minimum absolute atomic E-state index is 0.0402. The molecule has 2 heterocycles. The van der Waals surface area contributed by atoms with Crippen LogP contribution in [0.1, 0.15) is 23.6 Å². The van der Waals surface area contributed by atoms with Crippen molar-refractivity contribution in [3.8, 4) is 0 Å². The third-order valence-corrected chi connectivity index (χ3v) is 5.25. The molecule has 0 fully saturated rings. The number of hydrogen-bond acceptors (Lipinski definition) is 5. The predicted molar refractivity (Wildman–Crippen MR) is 102 cm³/mol. The van der Waals surface area contributed by atoms with Crippen LogP contribution < -0.4 is 11.1 Å². The maximum atomic E-state index is 14.8. The lowest BCUT2D eigenvalue weighted by Crippen LogP contribution is -2.51. The summed E-state index contributed by atoms with van der Waals surface area (Å²) in [5, 5.41) is 3.10. The Bertz CT molecular complexity index is 1070. The summed E-state index contributed by atoms with van der Waals surface area (Å²) in [5.74, 6) is -4.80. The monoisotopic (exact) mass is 426 g/mol. The fourth-order valence-electron chi connectivity index (χ4n) is 3.30. The number of aliphatic imine (C=N–C) groups is 2. The highest BCUT2D eigenvalue weighted by Gasteiger charge is 2.56. The average Bonchev–Trinajstić information content (AvgIpc) is 2.64. The molecule has 4 rings (SSSR count). The highest BCUT2D eigenvalue weighted by Crippen LogP contribution is 2.45. The van der Waals surface area contributed by atoms with Crippen LogP contribution in [-0.4, -0.2) is 24.4 Å². The number of ether oxygens (including phenoxy) is 1. The molecule has 0 amide bonds. The van der Waals surface area contributed by atoms with Crippen LogP contribution in [-0.2, 0) is 16.8 Å². The lowest BCUT2D eigenvalue weighted by atomic mass is 9.84. The van der Waals surface area contributed by atoms with Gasteiger partial charge in [0, 0.05) is 21.8 Å². The molecule has 5 nitrogen and oxygen atoms in total. The predicted octanol–water partition coefficient (Wildman–Crippen LogP) is 4.19. The van der Waals surface area contributed by atoms with Crippen LogP contribution in [0.5, 0.6) is 0 Å². The van der Waals surface area contributed by atoms with Crippen molar-refractivity contribution in [3.63, 3.8) is 0 Å². The van der Waals surface area contributed by atoms with E-state index in [1.807, 2.05) is 0 Å². The standard InChI is InChI=1S/C19H15ClF4N4O/c1-18(19(23,24)8-29-17(25)28-18)12-6-15-9(4-14(12)22)7-26-16(27-15)11-3-2-10(20)5-13(11)21/h2-6H,7-8H2,1H3,(H2,25,28)(H,26,27). The molecule has 2 aliphatic heterocycles. The van der Waals surface area contributed by atoms with Crippen LogP contribution >= 0.6 is 11.6 Å². The Morgan fingerprint density at radius 2 is 1.93 bits per heavy atom. The SMILES string of the molecule is CC1(c2cc3c(cc2F)CN=C(c2ccc(Cl)cc2F)N3)N=C(N)OCC1(F)F. The molecule has 152 valence electrons. The number of halogens is 5. The molecule has 0 bridgehead atoms. The van der Waals surface area contributed by atoms with E-state index in [1.54, 1.807) is 0 Å². The minimum atomic E-state index is -3.50. The van der Waals surface area contributed by atoms with Gasteiger partial charge in [-0.2, -0.15) is 8.78 Å². The lowest BCUT2D eigenvalue weighted by molar-refractivity contribution is -0.117. The van der Waals surface area contributed by atoms with E-state index >= 15 is 0 Å². The molecule has 10 heteroatoms. The molecule has 3 N–H and O–H groups in total. The number of fused-ring (bicyclic) bond motifs is 1. The molecule has 0 saturated heterocycles. The molecule has 0 saturated carbocycles. The Morgan fingerprint density at radius 1 is 1.17 bits per heavy atom. The largest absolute Gasteiger partial charge is 0.459 e. The first-order valence-electron chi connectivity index (χ1n) is 8.56. The van der Waals surface area contributed by atoms with Gasteiger partial charge in [0.1, 0.15) is 17.5 Å². The van der Waals surface area contributed by atoms with Gasteiger partial charge in [-0.05, 0) is 37.3 Å². The van der Waals surface area contributed by atoms with E-state index in [9.17, 15) is 17.6 Å². The zero-order valence-electron chi connectivity index (χ0n) is 15.1. The Hall–Kier alpha value is -2.81. The van der Waals surface area contributed by atoms with Crippen molar-refractivity contribution < 1.29 is 22.3 Å². The van der Waals surface area contributed by atoms with Gasteiger partial charge >= 0.3 is 5.92 Å². The molecule has 2 aliphatic rings. The number of alkyl halides is 2. The second-order valence-corrected chi connectivity index (χ2v) is 7.36. The highest BCUT2D eigenvalue weighted by molar-refractivity contribution is 6.30. The molecule has 2 aromatic carbocycles. The van der Waals surface area contributed by atoms with Crippen molar-refractivity contribution in [1.82, 2.24) is 0 Å². The van der Waals surface area contributed by atoms with Crippen molar-refractivity contribution in [2.45, 2.75) is 24.9 Å². The van der Waals surface area contributed by atoms with Gasteiger partial charge < -0.3 is 15.8 Å². The molecule has 2 aromatic rings. The fraction of sp³-hybridized carbons (Fsp3) is 0.263. The number of rotatable bonds is 2. The number of nitrogens with one attached hydrogen (secondary N) is 1. The second-order valence-electron chi connectivity index (χ2n) is 6.92. The van der Waals surface area contributed by atoms with Crippen LogP contribution in [0.4, 0.5) is 23.2 Å². The topological polar surface area (TPSA) is 72.0 Å². The minimum Gasteiger partial charge on any atom is -0.459 e. The summed E-state index contributed by atoms with van der Waals surface area (Å²) in [6.45, 7) is 0.105. The van der Waals surface area contributed by atoms with E-state index in [2.05, 4.69) is 20.0 Å². The van der Waals surface area contributed by atoms with Gasteiger partial charge in [-0.15, -0.1) is 0 Å². The van der Waals surface area contributed by atoms with Crippen LogP contribution in [0, 0.1) is 11.6 Å². The Balaban J connectivity index is 1.77. The van der Waals surface area contributed by atoms with Gasteiger partial charge in [-0.1, -0.05) is 11.6 Å². The van der Waals surface area contributed by atoms with Crippen LogP contribution in [0.15, 0.2) is 40.3 Å². The molecule has 0 aromatic heterocycles. The molecule has 0 spiro atoms.